The monoisotopic (exact) mass is 198 g/mol. The molecule has 2 fully saturated rings. The summed E-state index contributed by atoms with van der Waals surface area (Å²) in [7, 11) is 0. The van der Waals surface area contributed by atoms with E-state index in [0.717, 1.165) is 25.7 Å². The fourth-order valence-electron chi connectivity index (χ4n) is 2.31. The Labute approximate surface area is 84.8 Å². The van der Waals surface area contributed by atoms with Gasteiger partial charge in [0, 0.05) is 0 Å². The Morgan fingerprint density at radius 3 is 1.50 bits per heavy atom. The Morgan fingerprint density at radius 2 is 1.14 bits per heavy atom. The largest absolute Gasteiger partial charge is 0.508 e. The van der Waals surface area contributed by atoms with Crippen LogP contribution in [0.1, 0.15) is 51.4 Å². The lowest BCUT2D eigenvalue weighted by Crippen LogP contribution is -2.20. The maximum Gasteiger partial charge on any atom is 0.508 e. The van der Waals surface area contributed by atoms with Crippen LogP contribution < -0.4 is 0 Å². The zero-order valence-electron chi connectivity index (χ0n) is 8.54. The molecule has 0 saturated heterocycles. The average molecular weight is 198 g/mol. The summed E-state index contributed by atoms with van der Waals surface area (Å²) in [6, 6.07) is 0. The quantitative estimate of drug-likeness (QED) is 0.640. The van der Waals surface area contributed by atoms with E-state index >= 15 is 0 Å². The first kappa shape index (κ1) is 9.81. The van der Waals surface area contributed by atoms with Gasteiger partial charge in [0.05, 0.1) is 0 Å². The third kappa shape index (κ3) is 2.63. The van der Waals surface area contributed by atoms with Crippen LogP contribution >= 0.6 is 0 Å². The van der Waals surface area contributed by atoms with Crippen LogP contribution in [0.25, 0.3) is 0 Å². The standard InChI is InChI=1S/C11H18O3/c12-11(13-9-5-1-2-6-9)14-10-7-3-4-8-10/h9-10H,1-8H2. The van der Waals surface area contributed by atoms with Crippen molar-refractivity contribution in [3.8, 4) is 0 Å². The summed E-state index contributed by atoms with van der Waals surface area (Å²) in [6.45, 7) is 0. The maximum atomic E-state index is 11.3. The molecule has 0 aliphatic heterocycles. The molecule has 0 aromatic carbocycles. The van der Waals surface area contributed by atoms with Crippen molar-refractivity contribution in [1.29, 1.82) is 0 Å². The normalized spacial score (nSPS) is 24.0. The molecule has 0 atom stereocenters. The van der Waals surface area contributed by atoms with E-state index in [0.29, 0.717) is 0 Å². The van der Waals surface area contributed by atoms with Gasteiger partial charge in [0.2, 0.25) is 0 Å². The molecule has 14 heavy (non-hydrogen) atoms. The molecule has 2 rings (SSSR count). The zero-order valence-corrected chi connectivity index (χ0v) is 8.54. The fourth-order valence-corrected chi connectivity index (χ4v) is 2.31. The van der Waals surface area contributed by atoms with Crippen LogP contribution in [0.4, 0.5) is 4.79 Å². The van der Waals surface area contributed by atoms with E-state index in [1.54, 1.807) is 0 Å². The maximum absolute atomic E-state index is 11.3. The van der Waals surface area contributed by atoms with E-state index in [1.165, 1.54) is 25.7 Å². The third-order valence-corrected chi connectivity index (χ3v) is 3.13. The molecule has 0 radical (unpaired) electrons. The first-order valence-corrected chi connectivity index (χ1v) is 5.72. The van der Waals surface area contributed by atoms with Crippen LogP contribution in [0.5, 0.6) is 0 Å². The van der Waals surface area contributed by atoms with Crippen LogP contribution in [-0.4, -0.2) is 18.4 Å². The van der Waals surface area contributed by atoms with Gasteiger partial charge in [-0.15, -0.1) is 0 Å². The van der Waals surface area contributed by atoms with Crippen molar-refractivity contribution in [1.82, 2.24) is 0 Å². The highest BCUT2D eigenvalue weighted by atomic mass is 16.7. The SMILES string of the molecule is O=C(OC1CCCC1)OC1CCCC1. The molecule has 3 heteroatoms. The Morgan fingerprint density at radius 1 is 0.786 bits per heavy atom. The lowest BCUT2D eigenvalue weighted by Gasteiger charge is -2.14. The summed E-state index contributed by atoms with van der Waals surface area (Å²) < 4.78 is 10.4. The van der Waals surface area contributed by atoms with E-state index in [9.17, 15) is 4.79 Å². The summed E-state index contributed by atoms with van der Waals surface area (Å²) >= 11 is 0. The molecule has 0 heterocycles. The predicted molar refractivity (Wildman–Crippen MR) is 52.1 cm³/mol. The summed E-state index contributed by atoms with van der Waals surface area (Å²) in [4.78, 5) is 11.3. The van der Waals surface area contributed by atoms with Crippen molar-refractivity contribution >= 4 is 6.16 Å². The van der Waals surface area contributed by atoms with Gasteiger partial charge in [-0.1, -0.05) is 0 Å². The highest BCUT2D eigenvalue weighted by molar-refractivity contribution is 5.60. The highest BCUT2D eigenvalue weighted by Crippen LogP contribution is 2.24. The minimum absolute atomic E-state index is 0.129. The number of hydrogen-bond acceptors (Lipinski definition) is 3. The van der Waals surface area contributed by atoms with Crippen molar-refractivity contribution in [3.05, 3.63) is 0 Å². The summed E-state index contributed by atoms with van der Waals surface area (Å²) in [5, 5.41) is 0. The second kappa shape index (κ2) is 4.67. The molecule has 80 valence electrons. The third-order valence-electron chi connectivity index (χ3n) is 3.13. The number of carbonyl (C=O) groups excluding carboxylic acids is 1. The smallest absolute Gasteiger partial charge is 0.431 e. The van der Waals surface area contributed by atoms with Crippen LogP contribution in [0.15, 0.2) is 0 Å². The molecule has 0 spiro atoms. The molecular weight excluding hydrogens is 180 g/mol. The van der Waals surface area contributed by atoms with E-state index < -0.39 is 6.16 Å². The van der Waals surface area contributed by atoms with Crippen molar-refractivity contribution < 1.29 is 14.3 Å². The van der Waals surface area contributed by atoms with Gasteiger partial charge in [-0.2, -0.15) is 0 Å². The van der Waals surface area contributed by atoms with Crippen LogP contribution in [0.2, 0.25) is 0 Å². The Bertz CT molecular complexity index is 171. The molecule has 0 N–H and O–H groups in total. The number of ether oxygens (including phenoxy) is 2. The average Bonchev–Trinajstić information content (AvgIpc) is 2.76. The molecule has 2 aliphatic carbocycles. The topological polar surface area (TPSA) is 35.5 Å². The fraction of sp³-hybridized carbons (Fsp3) is 0.909. The van der Waals surface area contributed by atoms with Crippen molar-refractivity contribution in [2.45, 2.75) is 63.6 Å². The second-order valence-electron chi connectivity index (χ2n) is 4.30. The number of hydrogen-bond donors (Lipinski definition) is 0. The van der Waals surface area contributed by atoms with Crippen molar-refractivity contribution in [3.63, 3.8) is 0 Å². The van der Waals surface area contributed by atoms with Gasteiger partial charge >= 0.3 is 6.16 Å². The van der Waals surface area contributed by atoms with E-state index in [2.05, 4.69) is 0 Å². The van der Waals surface area contributed by atoms with Gasteiger partial charge in [-0.05, 0) is 51.4 Å². The molecule has 0 aromatic rings. The lowest BCUT2D eigenvalue weighted by molar-refractivity contribution is 0.00206. The first-order valence-electron chi connectivity index (χ1n) is 5.72. The second-order valence-corrected chi connectivity index (χ2v) is 4.30. The predicted octanol–water partition coefficient (Wildman–Crippen LogP) is 3.02. The summed E-state index contributed by atoms with van der Waals surface area (Å²) in [5.41, 5.74) is 0. The molecule has 0 bridgehead atoms. The molecule has 0 aromatic heterocycles. The van der Waals surface area contributed by atoms with E-state index in [4.69, 9.17) is 9.47 Å². The Kier molecular flexibility index (Phi) is 3.27. The molecule has 3 nitrogen and oxygen atoms in total. The number of carbonyl (C=O) groups is 1. The van der Waals surface area contributed by atoms with Crippen LogP contribution in [-0.2, 0) is 9.47 Å². The number of rotatable bonds is 2. The summed E-state index contributed by atoms with van der Waals surface area (Å²) in [6.07, 6.45) is 8.60. The zero-order chi connectivity index (χ0) is 9.80. The van der Waals surface area contributed by atoms with Gasteiger partial charge in [0.25, 0.3) is 0 Å². The van der Waals surface area contributed by atoms with Gasteiger partial charge in [-0.25, -0.2) is 4.79 Å². The molecule has 2 saturated carbocycles. The van der Waals surface area contributed by atoms with Gasteiger partial charge < -0.3 is 9.47 Å². The molecule has 0 unspecified atom stereocenters. The van der Waals surface area contributed by atoms with Crippen molar-refractivity contribution in [2.24, 2.45) is 0 Å². The highest BCUT2D eigenvalue weighted by Gasteiger charge is 2.24. The Hall–Kier alpha value is -0.730. The van der Waals surface area contributed by atoms with Gasteiger partial charge in [0.1, 0.15) is 12.2 Å². The first-order chi connectivity index (χ1) is 6.84. The summed E-state index contributed by atoms with van der Waals surface area (Å²) in [5.74, 6) is 0. The van der Waals surface area contributed by atoms with Gasteiger partial charge in [-0.3, -0.25) is 0 Å². The molecule has 2 aliphatic rings. The van der Waals surface area contributed by atoms with Gasteiger partial charge in [0.15, 0.2) is 0 Å². The van der Waals surface area contributed by atoms with Crippen molar-refractivity contribution in [2.75, 3.05) is 0 Å². The van der Waals surface area contributed by atoms with Crippen LogP contribution in [0.3, 0.4) is 0 Å². The van der Waals surface area contributed by atoms with E-state index in [-0.39, 0.29) is 12.2 Å². The molecular formula is C11H18O3. The van der Waals surface area contributed by atoms with E-state index in [1.807, 2.05) is 0 Å². The Balaban J connectivity index is 1.66. The molecule has 0 amide bonds. The lowest BCUT2D eigenvalue weighted by atomic mass is 10.3. The van der Waals surface area contributed by atoms with Crippen LogP contribution in [0, 0.1) is 0 Å². The minimum atomic E-state index is -0.441. The minimum Gasteiger partial charge on any atom is -0.431 e.